The summed E-state index contributed by atoms with van der Waals surface area (Å²) >= 11 is 12.5. The molecule has 1 aromatic carbocycles. The lowest BCUT2D eigenvalue weighted by Gasteiger charge is -2.31. The highest BCUT2D eigenvalue weighted by Gasteiger charge is 2.54. The van der Waals surface area contributed by atoms with Crippen LogP contribution in [0.2, 0.25) is 10.0 Å². The van der Waals surface area contributed by atoms with E-state index >= 15 is 0 Å². The van der Waals surface area contributed by atoms with Crippen LogP contribution < -0.4 is 5.32 Å². The van der Waals surface area contributed by atoms with Gasteiger partial charge in [-0.15, -0.1) is 0 Å². The van der Waals surface area contributed by atoms with Gasteiger partial charge in [-0.05, 0) is 63.3 Å². The molecule has 5 N–H and O–H groups in total. The van der Waals surface area contributed by atoms with E-state index in [-0.39, 0.29) is 49.4 Å². The Morgan fingerprint density at radius 1 is 1.26 bits per heavy atom. The molecule has 0 saturated carbocycles. The van der Waals surface area contributed by atoms with Crippen molar-refractivity contribution in [2.24, 2.45) is 11.8 Å². The number of epoxide rings is 1. The molecule has 0 aromatic heterocycles. The second kappa shape index (κ2) is 17.2. The number of esters is 1. The maximum Gasteiger partial charge on any atom is 0.309 e. The number of hydrogen-bond acceptors (Lipinski definition) is 9. The molecule has 1 saturated heterocycles. The van der Waals surface area contributed by atoms with Crippen molar-refractivity contribution in [3.8, 4) is 0 Å². The molecule has 264 valence electrons. The number of nitrogens with one attached hydrogen (secondary N) is 1. The van der Waals surface area contributed by atoms with Crippen molar-refractivity contribution in [2.75, 3.05) is 7.11 Å². The average molecular weight is 699 g/mol. The van der Waals surface area contributed by atoms with Gasteiger partial charge in [0, 0.05) is 35.5 Å². The van der Waals surface area contributed by atoms with Gasteiger partial charge >= 0.3 is 5.97 Å². The number of carbonyl (C=O) groups is 1. The molecule has 2 aliphatic heterocycles. The van der Waals surface area contributed by atoms with Gasteiger partial charge in [0.1, 0.15) is 18.3 Å². The number of benzene rings is 1. The maximum atomic E-state index is 12.8. The monoisotopic (exact) mass is 697 g/mol. The number of aliphatic hydroxyl groups is 4. The van der Waals surface area contributed by atoms with Crippen LogP contribution in [0.4, 0.5) is 0 Å². The normalized spacial score (nSPS) is 33.2. The number of carbonyl (C=O) groups excluding carboxylic acids is 1. The van der Waals surface area contributed by atoms with Crippen molar-refractivity contribution in [1.29, 1.82) is 0 Å². The zero-order chi connectivity index (χ0) is 35.1. The number of ether oxygens (including phenoxy) is 3. The molecule has 0 bridgehead atoms. The lowest BCUT2D eigenvalue weighted by Crippen LogP contribution is -2.52. The SMILES string of the molecule is CC[C@H](OC)[C@@H](C)[C@H]1O[C@@H]1C(NCc1ccc(Cl)cc1Cl)C(C)(O)/C=C/C=C(\C)[C@H]1OC(=O)C[C@H](O)CC[C@@](C)(O)[C@@H](O)/C=C/[C@@H]1C. The van der Waals surface area contributed by atoms with Crippen LogP contribution in [0.3, 0.4) is 0 Å². The number of allylic oxidation sites excluding steroid dienone is 2. The third-order valence-corrected chi connectivity index (χ3v) is 10.0. The molecule has 0 amide bonds. The summed E-state index contributed by atoms with van der Waals surface area (Å²) in [7, 11) is 1.69. The van der Waals surface area contributed by atoms with Crippen molar-refractivity contribution < 1.29 is 39.4 Å². The van der Waals surface area contributed by atoms with Gasteiger partial charge in [0.05, 0.1) is 42.0 Å². The number of methoxy groups -OCH3 is 1. The van der Waals surface area contributed by atoms with E-state index in [4.69, 9.17) is 37.4 Å². The summed E-state index contributed by atoms with van der Waals surface area (Å²) in [5, 5.41) is 48.0. The van der Waals surface area contributed by atoms with Gasteiger partial charge in [0.2, 0.25) is 0 Å². The molecule has 47 heavy (non-hydrogen) atoms. The summed E-state index contributed by atoms with van der Waals surface area (Å²) in [5.41, 5.74) is -1.32. The minimum absolute atomic E-state index is 0.0143. The highest BCUT2D eigenvalue weighted by Crippen LogP contribution is 2.39. The Labute approximate surface area is 289 Å². The van der Waals surface area contributed by atoms with Crippen molar-refractivity contribution in [3.63, 3.8) is 0 Å². The predicted molar refractivity (Wildman–Crippen MR) is 184 cm³/mol. The van der Waals surface area contributed by atoms with E-state index in [1.807, 2.05) is 19.9 Å². The van der Waals surface area contributed by atoms with Gasteiger partial charge in [0.25, 0.3) is 0 Å². The fourth-order valence-electron chi connectivity index (χ4n) is 6.22. The van der Waals surface area contributed by atoms with E-state index in [1.165, 1.54) is 13.0 Å². The second-order valence-electron chi connectivity index (χ2n) is 13.5. The Bertz CT molecular complexity index is 1280. The van der Waals surface area contributed by atoms with Crippen LogP contribution in [-0.2, 0) is 25.5 Å². The molecular weight excluding hydrogens is 645 g/mol. The Morgan fingerprint density at radius 2 is 1.96 bits per heavy atom. The molecule has 9 nitrogen and oxygen atoms in total. The standard InChI is InChI=1S/C36H53Cl2NO8/c1-8-28(45-7)23(4)32-33(47-32)34(39-20-24-12-13-25(37)18-27(24)38)36(6,44)16-9-10-21(2)31-22(3)11-14-29(41)35(5,43)17-15-26(40)19-30(42)46-31/h9-14,16,18,22-23,26,28-29,31-34,39-41,43-44H,8,15,17,19-20H2,1-7H3/b14-11+,16-9+,21-10+/t22-,23+,26+,28-,29-,31+,32+,33-,34?,35+,36?/m0/s1. The second-order valence-corrected chi connectivity index (χ2v) is 14.4. The fraction of sp³-hybridized carbons (Fsp3) is 0.639. The molecule has 11 atom stereocenters. The lowest BCUT2D eigenvalue weighted by atomic mass is 9.87. The molecule has 11 heteroatoms. The molecule has 3 rings (SSSR count). The lowest BCUT2D eigenvalue weighted by molar-refractivity contribution is -0.151. The Hall–Kier alpha value is -1.79. The first kappa shape index (κ1) is 39.6. The average Bonchev–Trinajstić information content (AvgIpc) is 3.78. The molecule has 2 unspecified atom stereocenters. The van der Waals surface area contributed by atoms with Crippen LogP contribution in [0.25, 0.3) is 0 Å². The first-order valence-electron chi connectivity index (χ1n) is 16.4. The number of cyclic esters (lactones) is 1. The van der Waals surface area contributed by atoms with Crippen molar-refractivity contribution in [2.45, 2.75) is 128 Å². The van der Waals surface area contributed by atoms with Crippen LogP contribution in [0.15, 0.2) is 54.2 Å². The van der Waals surface area contributed by atoms with E-state index in [0.29, 0.717) is 22.2 Å². The topological polar surface area (TPSA) is 141 Å². The summed E-state index contributed by atoms with van der Waals surface area (Å²) < 4.78 is 17.6. The molecular formula is C36H53Cl2NO8. The van der Waals surface area contributed by atoms with Crippen molar-refractivity contribution in [1.82, 2.24) is 5.32 Å². The van der Waals surface area contributed by atoms with Gasteiger partial charge in [-0.3, -0.25) is 4.79 Å². The third kappa shape index (κ3) is 11.1. The van der Waals surface area contributed by atoms with Crippen LogP contribution in [0, 0.1) is 11.8 Å². The summed E-state index contributed by atoms with van der Waals surface area (Å²) in [6, 6.07) is 4.77. The molecule has 2 heterocycles. The molecule has 1 aromatic rings. The minimum Gasteiger partial charge on any atom is -0.457 e. The minimum atomic E-state index is -1.46. The van der Waals surface area contributed by atoms with Crippen LogP contribution in [0.1, 0.15) is 72.8 Å². The summed E-state index contributed by atoms with van der Waals surface area (Å²) in [5.74, 6) is -0.824. The quantitative estimate of drug-likeness (QED) is 0.0852. The Morgan fingerprint density at radius 3 is 2.60 bits per heavy atom. The first-order valence-corrected chi connectivity index (χ1v) is 17.2. The van der Waals surface area contributed by atoms with Crippen LogP contribution in [-0.4, -0.2) is 87.4 Å². The zero-order valence-corrected chi connectivity index (χ0v) is 30.0. The van der Waals surface area contributed by atoms with Gasteiger partial charge < -0.3 is 40.0 Å². The highest BCUT2D eigenvalue weighted by molar-refractivity contribution is 6.35. The van der Waals surface area contributed by atoms with Gasteiger partial charge in [-0.1, -0.05) is 80.4 Å². The molecule has 0 aliphatic carbocycles. The first-order chi connectivity index (χ1) is 22.0. The van der Waals surface area contributed by atoms with E-state index < -0.39 is 41.5 Å². The third-order valence-electron chi connectivity index (χ3n) is 9.45. The molecule has 2 aliphatic rings. The highest BCUT2D eigenvalue weighted by atomic mass is 35.5. The van der Waals surface area contributed by atoms with Gasteiger partial charge in [-0.25, -0.2) is 0 Å². The van der Waals surface area contributed by atoms with E-state index in [1.54, 1.807) is 50.5 Å². The van der Waals surface area contributed by atoms with Crippen LogP contribution in [0.5, 0.6) is 0 Å². The maximum absolute atomic E-state index is 12.8. The van der Waals surface area contributed by atoms with Gasteiger partial charge in [0.15, 0.2) is 0 Å². The van der Waals surface area contributed by atoms with Crippen molar-refractivity contribution in [3.05, 3.63) is 69.8 Å². The summed E-state index contributed by atoms with van der Waals surface area (Å²) in [6.45, 7) is 11.4. The number of hydrogen-bond donors (Lipinski definition) is 5. The van der Waals surface area contributed by atoms with Gasteiger partial charge in [-0.2, -0.15) is 0 Å². The Balaban J connectivity index is 1.85. The number of halogens is 2. The van der Waals surface area contributed by atoms with Crippen LogP contribution >= 0.6 is 23.2 Å². The zero-order valence-electron chi connectivity index (χ0n) is 28.5. The smallest absolute Gasteiger partial charge is 0.309 e. The summed E-state index contributed by atoms with van der Waals surface area (Å²) in [4.78, 5) is 12.8. The molecule has 1 fully saturated rings. The van der Waals surface area contributed by atoms with E-state index in [9.17, 15) is 25.2 Å². The van der Waals surface area contributed by atoms with E-state index in [0.717, 1.165) is 12.0 Å². The van der Waals surface area contributed by atoms with Crippen molar-refractivity contribution >= 4 is 29.2 Å². The van der Waals surface area contributed by atoms with E-state index in [2.05, 4.69) is 19.2 Å². The summed E-state index contributed by atoms with van der Waals surface area (Å²) in [6.07, 6.45) is 5.94. The number of rotatable bonds is 12. The molecule has 0 radical (unpaired) electrons. The predicted octanol–water partition coefficient (Wildman–Crippen LogP) is 5.29. The molecule has 0 spiro atoms. The fourth-order valence-corrected chi connectivity index (χ4v) is 6.70. The largest absolute Gasteiger partial charge is 0.457 e. The Kier molecular flexibility index (Phi) is 14.5. The number of aliphatic hydroxyl groups excluding tert-OH is 2.